The van der Waals surface area contributed by atoms with E-state index >= 15 is 0 Å². The normalized spacial score (nSPS) is 10.6. The quantitative estimate of drug-likeness (QED) is 0.227. The van der Waals surface area contributed by atoms with Crippen molar-refractivity contribution >= 4 is 5.97 Å². The van der Waals surface area contributed by atoms with Crippen LogP contribution in [0.25, 0.3) is 0 Å². The highest BCUT2D eigenvalue weighted by molar-refractivity contribution is 5.93. The molecule has 0 saturated carbocycles. The molecule has 0 saturated heterocycles. The van der Waals surface area contributed by atoms with Crippen LogP contribution < -0.4 is 9.47 Å². The van der Waals surface area contributed by atoms with Crippen molar-refractivity contribution < 1.29 is 24.0 Å². The van der Waals surface area contributed by atoms with E-state index in [-0.39, 0.29) is 5.56 Å². The van der Waals surface area contributed by atoms with Gasteiger partial charge in [0.2, 0.25) is 0 Å². The lowest BCUT2D eigenvalue weighted by Crippen LogP contribution is -2.08. The number of hydrogen-bond acceptors (Lipinski definition) is 5. The Balaban J connectivity index is 2.11. The van der Waals surface area contributed by atoms with Crippen molar-refractivity contribution in [3.63, 3.8) is 0 Å². The van der Waals surface area contributed by atoms with Crippen molar-refractivity contribution in [1.29, 1.82) is 0 Å². The maximum atomic E-state index is 12.1. The highest BCUT2D eigenvalue weighted by Crippen LogP contribution is 2.31. The number of ether oxygens (including phenoxy) is 2. The smallest absolute Gasteiger partial charge is 0.376 e. The fourth-order valence-electron chi connectivity index (χ4n) is 2.68. The number of carbonyl (C=O) groups excluding carboxylic acids is 1. The van der Waals surface area contributed by atoms with Gasteiger partial charge in [0.25, 0.3) is 0 Å². The summed E-state index contributed by atoms with van der Waals surface area (Å²) >= 11 is 0. The first-order chi connectivity index (χ1) is 12.7. The van der Waals surface area contributed by atoms with Gasteiger partial charge in [-0.1, -0.05) is 70.8 Å². The van der Waals surface area contributed by atoms with E-state index in [2.05, 4.69) is 6.92 Å². The minimum atomic E-state index is -0.612. The predicted molar refractivity (Wildman–Crippen MR) is 102 cm³/mol. The van der Waals surface area contributed by atoms with E-state index in [0.717, 1.165) is 25.7 Å². The standard InChI is InChI=1S/C21H32O5/c1-4-5-6-7-8-9-10-11-12-13-17-25-26-21(22)18-15-14-16-19(23-2)20(18)24-3/h14-17H,1,4-13H2,2-3H3. The van der Waals surface area contributed by atoms with E-state index < -0.39 is 5.97 Å². The second kappa shape index (κ2) is 14.4. The van der Waals surface area contributed by atoms with Gasteiger partial charge in [0, 0.05) is 0 Å². The SMILES string of the molecule is [CH2]CCCCCCCCCC[CH]OOC(=O)c1cccc(OC)c1OC. The van der Waals surface area contributed by atoms with E-state index in [4.69, 9.17) is 19.2 Å². The molecule has 1 aromatic rings. The van der Waals surface area contributed by atoms with Crippen molar-refractivity contribution in [2.45, 2.75) is 64.2 Å². The molecule has 0 aliphatic carbocycles. The van der Waals surface area contributed by atoms with Gasteiger partial charge in [-0.15, -0.1) is 0 Å². The molecule has 5 heteroatoms. The summed E-state index contributed by atoms with van der Waals surface area (Å²) in [6.07, 6.45) is 11.7. The number of carbonyl (C=O) groups is 1. The van der Waals surface area contributed by atoms with Crippen LogP contribution in [-0.2, 0) is 9.78 Å². The van der Waals surface area contributed by atoms with Crippen LogP contribution in [-0.4, -0.2) is 20.2 Å². The van der Waals surface area contributed by atoms with Crippen LogP contribution in [0.2, 0.25) is 0 Å². The maximum Gasteiger partial charge on any atom is 0.376 e. The molecule has 146 valence electrons. The number of benzene rings is 1. The van der Waals surface area contributed by atoms with Crippen molar-refractivity contribution in [2.75, 3.05) is 14.2 Å². The summed E-state index contributed by atoms with van der Waals surface area (Å²) in [5.74, 6) is 0.190. The molecule has 5 nitrogen and oxygen atoms in total. The average molecular weight is 364 g/mol. The van der Waals surface area contributed by atoms with Gasteiger partial charge in [-0.2, -0.15) is 4.89 Å². The highest BCUT2D eigenvalue weighted by Gasteiger charge is 2.18. The Hall–Kier alpha value is -1.75. The van der Waals surface area contributed by atoms with E-state index in [1.165, 1.54) is 59.4 Å². The van der Waals surface area contributed by atoms with Crippen LogP contribution in [0.3, 0.4) is 0 Å². The second-order valence-corrected chi connectivity index (χ2v) is 6.15. The summed E-state index contributed by atoms with van der Waals surface area (Å²) < 4.78 is 10.4. The summed E-state index contributed by atoms with van der Waals surface area (Å²) in [4.78, 5) is 21.8. The summed E-state index contributed by atoms with van der Waals surface area (Å²) in [5, 5.41) is 0. The highest BCUT2D eigenvalue weighted by atomic mass is 17.2. The third-order valence-corrected chi connectivity index (χ3v) is 4.14. The number of methoxy groups -OCH3 is 2. The average Bonchev–Trinajstić information content (AvgIpc) is 2.67. The van der Waals surface area contributed by atoms with Crippen LogP contribution in [0.4, 0.5) is 0 Å². The van der Waals surface area contributed by atoms with Crippen molar-refractivity contribution in [3.8, 4) is 11.5 Å². The van der Waals surface area contributed by atoms with Gasteiger partial charge in [-0.05, 0) is 18.6 Å². The van der Waals surface area contributed by atoms with Crippen molar-refractivity contribution in [3.05, 3.63) is 37.3 Å². The lowest BCUT2D eigenvalue weighted by molar-refractivity contribution is -0.213. The molecule has 2 radical (unpaired) electrons. The van der Waals surface area contributed by atoms with Crippen molar-refractivity contribution in [2.24, 2.45) is 0 Å². The molecule has 1 aromatic carbocycles. The van der Waals surface area contributed by atoms with Crippen molar-refractivity contribution in [1.82, 2.24) is 0 Å². The van der Waals surface area contributed by atoms with E-state index in [0.29, 0.717) is 11.5 Å². The van der Waals surface area contributed by atoms with Gasteiger partial charge >= 0.3 is 5.97 Å². The second-order valence-electron chi connectivity index (χ2n) is 6.15. The molecular weight excluding hydrogens is 332 g/mol. The molecule has 0 aromatic heterocycles. The third kappa shape index (κ3) is 8.56. The number of rotatable bonds is 15. The van der Waals surface area contributed by atoms with Gasteiger partial charge in [0.1, 0.15) is 12.2 Å². The molecule has 1 rings (SSSR count). The van der Waals surface area contributed by atoms with Crippen LogP contribution in [0, 0.1) is 13.5 Å². The van der Waals surface area contributed by atoms with E-state index in [1.807, 2.05) is 0 Å². The van der Waals surface area contributed by atoms with Gasteiger partial charge in [-0.3, -0.25) is 4.89 Å². The minimum Gasteiger partial charge on any atom is -0.493 e. The lowest BCUT2D eigenvalue weighted by Gasteiger charge is -2.11. The zero-order chi connectivity index (χ0) is 19.0. The first-order valence-electron chi connectivity index (χ1n) is 9.44. The van der Waals surface area contributed by atoms with E-state index in [9.17, 15) is 4.79 Å². The monoisotopic (exact) mass is 364 g/mol. The first kappa shape index (κ1) is 22.3. The number of para-hydroxylation sites is 1. The van der Waals surface area contributed by atoms with Crippen LogP contribution in [0.15, 0.2) is 18.2 Å². The molecule has 0 amide bonds. The molecule has 0 N–H and O–H groups in total. The molecule has 0 atom stereocenters. The zero-order valence-electron chi connectivity index (χ0n) is 16.1. The Morgan fingerprint density at radius 3 is 2.23 bits per heavy atom. The van der Waals surface area contributed by atoms with Gasteiger partial charge in [0.05, 0.1) is 14.2 Å². The largest absolute Gasteiger partial charge is 0.493 e. The Morgan fingerprint density at radius 1 is 0.962 bits per heavy atom. The Bertz CT molecular complexity index is 501. The first-order valence-corrected chi connectivity index (χ1v) is 9.44. The molecule has 0 aliphatic rings. The third-order valence-electron chi connectivity index (χ3n) is 4.14. The molecule has 0 unspecified atom stereocenters. The molecule has 0 fully saturated rings. The number of hydrogen-bond donors (Lipinski definition) is 0. The number of unbranched alkanes of at least 4 members (excludes halogenated alkanes) is 9. The van der Waals surface area contributed by atoms with Crippen LogP contribution in [0.5, 0.6) is 11.5 Å². The molecule has 0 aliphatic heterocycles. The Labute approximate surface area is 157 Å². The molecule has 0 bridgehead atoms. The Kier molecular flexibility index (Phi) is 12.4. The fourth-order valence-corrected chi connectivity index (χ4v) is 2.68. The maximum absolute atomic E-state index is 12.1. The van der Waals surface area contributed by atoms with Crippen LogP contribution >= 0.6 is 0 Å². The Morgan fingerprint density at radius 2 is 1.62 bits per heavy atom. The summed E-state index contributed by atoms with van der Waals surface area (Å²) in [5.41, 5.74) is 0.263. The summed E-state index contributed by atoms with van der Waals surface area (Å²) in [6, 6.07) is 5.01. The molecule has 26 heavy (non-hydrogen) atoms. The van der Waals surface area contributed by atoms with Gasteiger partial charge < -0.3 is 9.47 Å². The van der Waals surface area contributed by atoms with Gasteiger partial charge in [-0.25, -0.2) is 4.79 Å². The van der Waals surface area contributed by atoms with Crippen LogP contribution in [0.1, 0.15) is 74.6 Å². The minimum absolute atomic E-state index is 0.263. The lowest BCUT2D eigenvalue weighted by atomic mass is 10.1. The molecular formula is C21H32O5. The zero-order valence-corrected chi connectivity index (χ0v) is 16.1. The summed E-state index contributed by atoms with van der Waals surface area (Å²) in [7, 11) is 2.99. The molecule has 0 spiro atoms. The predicted octanol–water partition coefficient (Wildman–Crippen LogP) is 5.69. The van der Waals surface area contributed by atoms with E-state index in [1.54, 1.807) is 18.2 Å². The topological polar surface area (TPSA) is 54.0 Å². The fraction of sp³-hybridized carbons (Fsp3) is 0.571. The molecule has 0 heterocycles. The van der Waals surface area contributed by atoms with Gasteiger partial charge in [0.15, 0.2) is 11.5 Å². The summed E-state index contributed by atoms with van der Waals surface area (Å²) in [6.45, 7) is 5.38.